The Bertz CT molecular complexity index is 493. The Morgan fingerprint density at radius 3 is 2.79 bits per heavy atom. The topological polar surface area (TPSA) is 80.0 Å². The number of carboxylic acid groups (broad SMARTS) is 1. The zero-order chi connectivity index (χ0) is 14.0. The summed E-state index contributed by atoms with van der Waals surface area (Å²) >= 11 is 0. The molecule has 1 aromatic rings. The van der Waals surface area contributed by atoms with E-state index in [0.717, 1.165) is 0 Å². The van der Waals surface area contributed by atoms with Gasteiger partial charge in [-0.2, -0.15) is 0 Å². The van der Waals surface area contributed by atoms with Crippen molar-refractivity contribution in [2.75, 3.05) is 19.7 Å². The van der Waals surface area contributed by atoms with E-state index in [9.17, 15) is 9.59 Å². The number of hydrogen-bond donors (Lipinski definition) is 1. The number of rotatable bonds is 3. The number of carbonyl (C=O) groups is 2. The van der Waals surface area contributed by atoms with E-state index in [1.54, 1.807) is 24.8 Å². The van der Waals surface area contributed by atoms with Crippen LogP contribution < -0.4 is 0 Å². The second-order valence-corrected chi connectivity index (χ2v) is 4.67. The van der Waals surface area contributed by atoms with Gasteiger partial charge in [0.25, 0.3) is 5.91 Å². The Hall–Kier alpha value is -1.82. The van der Waals surface area contributed by atoms with E-state index in [4.69, 9.17) is 14.3 Å². The van der Waals surface area contributed by atoms with Crippen molar-refractivity contribution in [2.45, 2.75) is 26.4 Å². The number of carboxylic acids is 1. The average molecular weight is 267 g/mol. The quantitative estimate of drug-likeness (QED) is 0.890. The van der Waals surface area contributed by atoms with Crippen LogP contribution in [0, 0.1) is 13.8 Å². The molecule has 1 fully saturated rings. The molecule has 6 nitrogen and oxygen atoms in total. The minimum Gasteiger partial charge on any atom is -0.481 e. The predicted octanol–water partition coefficient (Wildman–Crippen LogP) is 1.21. The van der Waals surface area contributed by atoms with E-state index in [1.807, 2.05) is 0 Å². The highest BCUT2D eigenvalue weighted by Crippen LogP contribution is 2.18. The molecule has 2 rings (SSSR count). The van der Waals surface area contributed by atoms with Crippen LogP contribution in [0.15, 0.2) is 10.5 Å². The summed E-state index contributed by atoms with van der Waals surface area (Å²) in [5, 5.41) is 8.76. The standard InChI is InChI=1S/C13H17NO5/c1-8-5-11(9(2)19-8)13(17)14-3-4-18-10(7-14)6-12(15)16/h5,10H,3-4,6-7H2,1-2H3,(H,15,16). The molecule has 0 aromatic carbocycles. The minimum atomic E-state index is -0.922. The van der Waals surface area contributed by atoms with E-state index in [-0.39, 0.29) is 12.3 Å². The summed E-state index contributed by atoms with van der Waals surface area (Å²) in [4.78, 5) is 24.6. The lowest BCUT2D eigenvalue weighted by Gasteiger charge is -2.32. The minimum absolute atomic E-state index is 0.0901. The lowest BCUT2D eigenvalue weighted by Crippen LogP contribution is -2.46. The third-order valence-corrected chi connectivity index (χ3v) is 3.10. The highest BCUT2D eigenvalue weighted by Gasteiger charge is 2.28. The lowest BCUT2D eigenvalue weighted by atomic mass is 10.1. The number of furan rings is 1. The molecule has 1 saturated heterocycles. The highest BCUT2D eigenvalue weighted by molar-refractivity contribution is 5.95. The van der Waals surface area contributed by atoms with Crippen LogP contribution in [-0.4, -0.2) is 47.7 Å². The fourth-order valence-corrected chi connectivity index (χ4v) is 2.24. The molecule has 1 atom stereocenters. The van der Waals surface area contributed by atoms with Crippen molar-refractivity contribution in [3.8, 4) is 0 Å². The molecule has 0 spiro atoms. The summed E-state index contributed by atoms with van der Waals surface area (Å²) < 4.78 is 10.7. The van der Waals surface area contributed by atoms with Crippen LogP contribution >= 0.6 is 0 Å². The molecular formula is C13H17NO5. The van der Waals surface area contributed by atoms with Gasteiger partial charge in [-0.1, -0.05) is 0 Å². The van der Waals surface area contributed by atoms with Crippen molar-refractivity contribution in [2.24, 2.45) is 0 Å². The molecule has 1 amide bonds. The molecule has 1 aliphatic heterocycles. The monoisotopic (exact) mass is 267 g/mol. The number of aryl methyl sites for hydroxylation is 2. The van der Waals surface area contributed by atoms with Crippen molar-refractivity contribution in [1.82, 2.24) is 4.90 Å². The molecular weight excluding hydrogens is 250 g/mol. The van der Waals surface area contributed by atoms with Crippen LogP contribution in [-0.2, 0) is 9.53 Å². The molecule has 104 valence electrons. The van der Waals surface area contributed by atoms with E-state index in [1.165, 1.54) is 0 Å². The van der Waals surface area contributed by atoms with Crippen LogP contribution in [0.3, 0.4) is 0 Å². The molecule has 0 aliphatic carbocycles. The van der Waals surface area contributed by atoms with Gasteiger partial charge in [-0.3, -0.25) is 9.59 Å². The molecule has 2 heterocycles. The fourth-order valence-electron chi connectivity index (χ4n) is 2.24. The zero-order valence-electron chi connectivity index (χ0n) is 11.0. The Balaban J connectivity index is 2.07. The van der Waals surface area contributed by atoms with Crippen molar-refractivity contribution in [3.05, 3.63) is 23.2 Å². The van der Waals surface area contributed by atoms with Crippen molar-refractivity contribution >= 4 is 11.9 Å². The van der Waals surface area contributed by atoms with Gasteiger partial charge in [0.1, 0.15) is 11.5 Å². The van der Waals surface area contributed by atoms with Gasteiger partial charge in [-0.25, -0.2) is 0 Å². The molecule has 19 heavy (non-hydrogen) atoms. The summed E-state index contributed by atoms with van der Waals surface area (Å²) in [6.45, 7) is 4.67. The summed E-state index contributed by atoms with van der Waals surface area (Å²) in [7, 11) is 0. The number of ether oxygens (including phenoxy) is 1. The number of nitrogens with zero attached hydrogens (tertiary/aromatic N) is 1. The highest BCUT2D eigenvalue weighted by atomic mass is 16.5. The fraction of sp³-hybridized carbons (Fsp3) is 0.538. The molecule has 1 unspecified atom stereocenters. The molecule has 0 saturated carbocycles. The van der Waals surface area contributed by atoms with Crippen LogP contribution in [0.25, 0.3) is 0 Å². The van der Waals surface area contributed by atoms with E-state index >= 15 is 0 Å². The molecule has 0 radical (unpaired) electrons. The van der Waals surface area contributed by atoms with Gasteiger partial charge in [-0.15, -0.1) is 0 Å². The first-order valence-electron chi connectivity index (χ1n) is 6.17. The van der Waals surface area contributed by atoms with Gasteiger partial charge in [0.05, 0.1) is 24.7 Å². The maximum absolute atomic E-state index is 12.3. The average Bonchev–Trinajstić information content (AvgIpc) is 2.67. The SMILES string of the molecule is Cc1cc(C(=O)N2CCOC(CC(=O)O)C2)c(C)o1. The number of aliphatic carboxylic acids is 1. The van der Waals surface area contributed by atoms with Gasteiger partial charge in [0.15, 0.2) is 0 Å². The first kappa shape index (κ1) is 13.6. The second-order valence-electron chi connectivity index (χ2n) is 4.67. The van der Waals surface area contributed by atoms with Crippen molar-refractivity contribution in [1.29, 1.82) is 0 Å². The maximum atomic E-state index is 12.3. The first-order chi connectivity index (χ1) is 8.97. The van der Waals surface area contributed by atoms with Gasteiger partial charge in [0, 0.05) is 13.1 Å². The van der Waals surface area contributed by atoms with Gasteiger partial charge < -0.3 is 19.2 Å². The largest absolute Gasteiger partial charge is 0.481 e. The third-order valence-electron chi connectivity index (χ3n) is 3.10. The second kappa shape index (κ2) is 5.44. The Morgan fingerprint density at radius 2 is 2.21 bits per heavy atom. The number of morpholine rings is 1. The molecule has 1 aliphatic rings. The summed E-state index contributed by atoms with van der Waals surface area (Å²) in [5.41, 5.74) is 0.536. The Morgan fingerprint density at radius 1 is 1.47 bits per heavy atom. The van der Waals surface area contributed by atoms with Crippen LogP contribution in [0.1, 0.15) is 28.3 Å². The van der Waals surface area contributed by atoms with E-state index in [2.05, 4.69) is 0 Å². The third kappa shape index (κ3) is 3.14. The Labute approximate surface area is 110 Å². The summed E-state index contributed by atoms with van der Waals surface area (Å²) in [5.74, 6) is 0.225. The van der Waals surface area contributed by atoms with Crippen molar-refractivity contribution in [3.63, 3.8) is 0 Å². The Kier molecular flexibility index (Phi) is 3.90. The normalized spacial score (nSPS) is 19.5. The summed E-state index contributed by atoms with van der Waals surface area (Å²) in [6, 6.07) is 1.71. The van der Waals surface area contributed by atoms with Crippen molar-refractivity contribution < 1.29 is 23.8 Å². The predicted molar refractivity (Wildman–Crippen MR) is 66.1 cm³/mol. The molecule has 6 heteroatoms. The van der Waals surface area contributed by atoms with E-state index < -0.39 is 12.1 Å². The van der Waals surface area contributed by atoms with Gasteiger partial charge in [0.2, 0.25) is 0 Å². The van der Waals surface area contributed by atoms with Gasteiger partial charge in [-0.05, 0) is 19.9 Å². The molecule has 0 bridgehead atoms. The molecule has 1 N–H and O–H groups in total. The number of hydrogen-bond acceptors (Lipinski definition) is 4. The zero-order valence-corrected chi connectivity index (χ0v) is 11.0. The number of amides is 1. The maximum Gasteiger partial charge on any atom is 0.306 e. The van der Waals surface area contributed by atoms with E-state index in [0.29, 0.717) is 36.8 Å². The van der Waals surface area contributed by atoms with Crippen LogP contribution in [0.2, 0.25) is 0 Å². The van der Waals surface area contributed by atoms with Crippen LogP contribution in [0.4, 0.5) is 0 Å². The molecule has 1 aromatic heterocycles. The first-order valence-corrected chi connectivity index (χ1v) is 6.17. The smallest absolute Gasteiger partial charge is 0.306 e. The number of carbonyl (C=O) groups excluding carboxylic acids is 1. The summed E-state index contributed by atoms with van der Waals surface area (Å²) in [6.07, 6.45) is -0.531. The van der Waals surface area contributed by atoms with Crippen LogP contribution in [0.5, 0.6) is 0 Å². The van der Waals surface area contributed by atoms with Gasteiger partial charge >= 0.3 is 5.97 Å². The lowest BCUT2D eigenvalue weighted by molar-refractivity contribution is -0.141.